The fourth-order valence-electron chi connectivity index (χ4n) is 1.67. The molecule has 0 bridgehead atoms. The van der Waals surface area contributed by atoms with Crippen LogP contribution >= 0.6 is 22.6 Å². The highest BCUT2D eigenvalue weighted by Gasteiger charge is 2.04. The molecule has 0 unspecified atom stereocenters. The van der Waals surface area contributed by atoms with Crippen LogP contribution in [0.1, 0.15) is 0 Å². The number of carbonyl (C=O) groups excluding carboxylic acids is 1. The number of ether oxygens (including phenoxy) is 2. The Labute approximate surface area is 143 Å². The van der Waals surface area contributed by atoms with Gasteiger partial charge in [0.05, 0.1) is 0 Å². The average molecular weight is 409 g/mol. The average Bonchev–Trinajstić information content (AvgIpc) is 2.54. The van der Waals surface area contributed by atoms with Crippen molar-refractivity contribution in [2.45, 2.75) is 0 Å². The van der Waals surface area contributed by atoms with Crippen LogP contribution in [0.2, 0.25) is 0 Å². The van der Waals surface area contributed by atoms with Crippen LogP contribution < -0.4 is 14.8 Å². The van der Waals surface area contributed by atoms with E-state index in [-0.39, 0.29) is 12.5 Å². The van der Waals surface area contributed by atoms with E-state index in [0.29, 0.717) is 18.0 Å². The van der Waals surface area contributed by atoms with Crippen LogP contribution in [0, 0.1) is 3.57 Å². The number of amides is 1. The molecule has 114 valence electrons. The Hall–Kier alpha value is -2.02. The summed E-state index contributed by atoms with van der Waals surface area (Å²) in [6, 6.07) is 14.7. The first-order chi connectivity index (χ1) is 10.7. The molecule has 0 aliphatic rings. The zero-order valence-corrected chi connectivity index (χ0v) is 14.1. The summed E-state index contributed by atoms with van der Waals surface area (Å²) in [5.74, 6) is 1.19. The molecule has 0 aliphatic heterocycles. The molecule has 0 spiro atoms. The summed E-state index contributed by atoms with van der Waals surface area (Å²) in [7, 11) is 0. The molecule has 0 heterocycles. The Bertz CT molecular complexity index is 623. The van der Waals surface area contributed by atoms with Gasteiger partial charge in [-0.15, -0.1) is 0 Å². The molecule has 0 saturated heterocycles. The maximum atomic E-state index is 11.8. The van der Waals surface area contributed by atoms with Gasteiger partial charge in [0.25, 0.3) is 5.91 Å². The van der Waals surface area contributed by atoms with E-state index in [1.165, 1.54) is 0 Å². The molecule has 0 radical (unpaired) electrons. The lowest BCUT2D eigenvalue weighted by molar-refractivity contribution is -0.118. The lowest BCUT2D eigenvalue weighted by Gasteiger charge is -2.08. The molecule has 1 N–H and O–H groups in total. The molecule has 1 amide bonds. The Morgan fingerprint density at radius 3 is 2.27 bits per heavy atom. The highest BCUT2D eigenvalue weighted by atomic mass is 127. The summed E-state index contributed by atoms with van der Waals surface area (Å²) in [5, 5.41) is 2.77. The van der Waals surface area contributed by atoms with Crippen LogP contribution in [0.4, 0.5) is 5.69 Å². The van der Waals surface area contributed by atoms with Crippen molar-refractivity contribution >= 4 is 34.2 Å². The van der Waals surface area contributed by atoms with Crippen LogP contribution in [0.25, 0.3) is 0 Å². The highest BCUT2D eigenvalue weighted by molar-refractivity contribution is 14.1. The quantitative estimate of drug-likeness (QED) is 0.558. The van der Waals surface area contributed by atoms with Crippen LogP contribution in [-0.2, 0) is 4.79 Å². The molecule has 0 aliphatic carbocycles. The Morgan fingerprint density at radius 2 is 1.64 bits per heavy atom. The predicted molar refractivity (Wildman–Crippen MR) is 95.4 cm³/mol. The molecule has 2 aromatic rings. The van der Waals surface area contributed by atoms with Crippen LogP contribution in [0.5, 0.6) is 11.5 Å². The lowest BCUT2D eigenvalue weighted by Crippen LogP contribution is -2.20. The van der Waals surface area contributed by atoms with Crippen molar-refractivity contribution in [1.82, 2.24) is 0 Å². The minimum Gasteiger partial charge on any atom is -0.490 e. The summed E-state index contributed by atoms with van der Waals surface area (Å²) in [6.45, 7) is 4.01. The second kappa shape index (κ2) is 8.43. The third kappa shape index (κ3) is 5.40. The molecular weight excluding hydrogens is 393 g/mol. The van der Waals surface area contributed by atoms with Crippen LogP contribution in [0.15, 0.2) is 61.2 Å². The number of anilines is 1. The smallest absolute Gasteiger partial charge is 0.262 e. The molecule has 22 heavy (non-hydrogen) atoms. The minimum atomic E-state index is -0.210. The van der Waals surface area contributed by atoms with Crippen molar-refractivity contribution in [3.8, 4) is 11.5 Å². The van der Waals surface area contributed by atoms with E-state index < -0.39 is 0 Å². The Morgan fingerprint density at radius 1 is 1.05 bits per heavy atom. The van der Waals surface area contributed by atoms with Gasteiger partial charge in [-0.25, -0.2) is 0 Å². The van der Waals surface area contributed by atoms with Crippen molar-refractivity contribution in [3.63, 3.8) is 0 Å². The van der Waals surface area contributed by atoms with Gasteiger partial charge in [-0.2, -0.15) is 0 Å². The Balaban J connectivity index is 1.81. The molecule has 4 nitrogen and oxygen atoms in total. The summed E-state index contributed by atoms with van der Waals surface area (Å²) in [4.78, 5) is 11.8. The van der Waals surface area contributed by atoms with Crippen LogP contribution in [-0.4, -0.2) is 19.1 Å². The van der Waals surface area contributed by atoms with E-state index in [1.807, 2.05) is 24.3 Å². The van der Waals surface area contributed by atoms with E-state index in [2.05, 4.69) is 34.5 Å². The fraction of sp³-hybridized carbons (Fsp3) is 0.118. The minimum absolute atomic E-state index is 0.0324. The van der Waals surface area contributed by atoms with E-state index in [4.69, 9.17) is 9.47 Å². The zero-order chi connectivity index (χ0) is 15.8. The monoisotopic (exact) mass is 409 g/mol. The number of nitrogens with one attached hydrogen (secondary N) is 1. The highest BCUT2D eigenvalue weighted by Crippen LogP contribution is 2.16. The topological polar surface area (TPSA) is 47.6 Å². The van der Waals surface area contributed by atoms with Crippen LogP contribution in [0.3, 0.4) is 0 Å². The van der Waals surface area contributed by atoms with Crippen molar-refractivity contribution in [1.29, 1.82) is 0 Å². The van der Waals surface area contributed by atoms with E-state index in [9.17, 15) is 4.79 Å². The van der Waals surface area contributed by atoms with Crippen molar-refractivity contribution in [3.05, 3.63) is 64.8 Å². The third-order valence-corrected chi connectivity index (χ3v) is 3.41. The normalized spacial score (nSPS) is 9.86. The predicted octanol–water partition coefficient (Wildman–Crippen LogP) is 3.87. The van der Waals surface area contributed by atoms with Gasteiger partial charge >= 0.3 is 0 Å². The summed E-state index contributed by atoms with van der Waals surface area (Å²) in [5.41, 5.74) is 0.696. The number of hydrogen-bond donors (Lipinski definition) is 1. The number of halogens is 1. The summed E-state index contributed by atoms with van der Waals surface area (Å²) >= 11 is 2.21. The molecule has 0 saturated carbocycles. The molecule has 0 aromatic heterocycles. The van der Waals surface area contributed by atoms with Crippen molar-refractivity contribution in [2.75, 3.05) is 18.5 Å². The summed E-state index contributed by atoms with van der Waals surface area (Å²) in [6.07, 6.45) is 1.68. The van der Waals surface area contributed by atoms with E-state index in [1.54, 1.807) is 30.3 Å². The van der Waals surface area contributed by atoms with Crippen molar-refractivity contribution < 1.29 is 14.3 Å². The number of rotatable bonds is 7. The molecule has 0 atom stereocenters. The van der Waals surface area contributed by atoms with Gasteiger partial charge in [0.15, 0.2) is 6.61 Å². The molecule has 5 heteroatoms. The zero-order valence-electron chi connectivity index (χ0n) is 11.9. The number of hydrogen-bond acceptors (Lipinski definition) is 3. The van der Waals surface area contributed by atoms with Gasteiger partial charge in [-0.3, -0.25) is 4.79 Å². The lowest BCUT2D eigenvalue weighted by atomic mass is 10.3. The summed E-state index contributed by atoms with van der Waals surface area (Å²) < 4.78 is 11.9. The molecular formula is C17H16INO3. The largest absolute Gasteiger partial charge is 0.490 e. The third-order valence-electron chi connectivity index (χ3n) is 2.69. The number of benzene rings is 2. The standard InChI is InChI=1S/C17H16INO3/c1-2-11-21-15-9-5-14(6-10-15)19-17(20)12-22-16-7-3-13(18)4-8-16/h2-10H,1,11-12H2,(H,19,20). The fourth-order valence-corrected chi connectivity index (χ4v) is 2.03. The molecule has 2 rings (SSSR count). The van der Waals surface area contributed by atoms with Gasteiger partial charge in [0.2, 0.25) is 0 Å². The first-order valence-corrected chi connectivity index (χ1v) is 7.77. The van der Waals surface area contributed by atoms with Gasteiger partial charge in [-0.05, 0) is 71.1 Å². The van der Waals surface area contributed by atoms with Gasteiger partial charge in [0.1, 0.15) is 18.1 Å². The van der Waals surface area contributed by atoms with Gasteiger partial charge in [0, 0.05) is 9.26 Å². The SMILES string of the molecule is C=CCOc1ccc(NC(=O)COc2ccc(I)cc2)cc1. The molecule has 0 fully saturated rings. The first kappa shape index (κ1) is 16.4. The second-order valence-electron chi connectivity index (χ2n) is 4.41. The van der Waals surface area contributed by atoms with E-state index >= 15 is 0 Å². The second-order valence-corrected chi connectivity index (χ2v) is 5.66. The van der Waals surface area contributed by atoms with Gasteiger partial charge in [-0.1, -0.05) is 12.7 Å². The maximum absolute atomic E-state index is 11.8. The Kier molecular flexibility index (Phi) is 6.27. The molecule has 2 aromatic carbocycles. The van der Waals surface area contributed by atoms with Gasteiger partial charge < -0.3 is 14.8 Å². The van der Waals surface area contributed by atoms with E-state index in [0.717, 1.165) is 9.32 Å². The number of carbonyl (C=O) groups is 1. The first-order valence-electron chi connectivity index (χ1n) is 6.69. The van der Waals surface area contributed by atoms with Crippen molar-refractivity contribution in [2.24, 2.45) is 0 Å². The maximum Gasteiger partial charge on any atom is 0.262 e.